The van der Waals surface area contributed by atoms with Gasteiger partial charge in [-0.3, -0.25) is 4.90 Å². The van der Waals surface area contributed by atoms with Gasteiger partial charge in [0.1, 0.15) is 5.75 Å². The van der Waals surface area contributed by atoms with Crippen LogP contribution in [0.4, 0.5) is 16.2 Å². The molecule has 0 saturated heterocycles. The fourth-order valence-corrected chi connectivity index (χ4v) is 4.35. The van der Waals surface area contributed by atoms with Crippen LogP contribution in [0.2, 0.25) is 0 Å². The van der Waals surface area contributed by atoms with Gasteiger partial charge in [0.2, 0.25) is 0 Å². The van der Waals surface area contributed by atoms with Crippen molar-refractivity contribution in [3.63, 3.8) is 0 Å². The van der Waals surface area contributed by atoms with Crippen LogP contribution in [0, 0.1) is 0 Å². The molecule has 3 aromatic carbocycles. The molecule has 32 heavy (non-hydrogen) atoms. The standard InChI is InChI=1S/C23H20N2O6S/c1-30-20-12-16(8-10-19(20)27)25-23(29)24(17-5-3-4-6-21(17)32-25)13-15-11-14(22(28)31-2)7-9-18(15)26/h3-12,26-27H,13H2,1-2H3. The number of ether oxygens (including phenoxy) is 2. The molecule has 0 radical (unpaired) electrons. The monoisotopic (exact) mass is 452 g/mol. The van der Waals surface area contributed by atoms with E-state index in [0.29, 0.717) is 16.9 Å². The second kappa shape index (κ2) is 8.72. The normalized spacial score (nSPS) is 13.0. The zero-order valence-electron chi connectivity index (χ0n) is 17.3. The molecule has 3 aromatic rings. The van der Waals surface area contributed by atoms with Crippen LogP contribution in [0.1, 0.15) is 15.9 Å². The van der Waals surface area contributed by atoms with E-state index in [9.17, 15) is 19.8 Å². The topological polar surface area (TPSA) is 99.5 Å². The molecule has 0 unspecified atom stereocenters. The number of anilines is 2. The number of hydrogen-bond donors (Lipinski definition) is 2. The van der Waals surface area contributed by atoms with Crippen molar-refractivity contribution in [1.29, 1.82) is 0 Å². The third-order valence-corrected chi connectivity index (χ3v) is 6.07. The Morgan fingerprint density at radius 3 is 2.50 bits per heavy atom. The molecule has 2 amide bonds. The van der Waals surface area contributed by atoms with Crippen LogP contribution in [0.15, 0.2) is 65.6 Å². The van der Waals surface area contributed by atoms with Gasteiger partial charge in [-0.25, -0.2) is 13.9 Å². The summed E-state index contributed by atoms with van der Waals surface area (Å²) in [6.45, 7) is 0.0266. The molecule has 0 saturated carbocycles. The Labute approximate surface area is 188 Å². The Morgan fingerprint density at radius 2 is 1.75 bits per heavy atom. The number of rotatable bonds is 5. The first-order valence-electron chi connectivity index (χ1n) is 9.58. The molecule has 0 atom stereocenters. The van der Waals surface area contributed by atoms with Crippen molar-refractivity contribution in [1.82, 2.24) is 0 Å². The van der Waals surface area contributed by atoms with Crippen molar-refractivity contribution in [2.45, 2.75) is 11.4 Å². The Balaban J connectivity index is 1.75. The first kappa shape index (κ1) is 21.4. The molecule has 0 spiro atoms. The quantitative estimate of drug-likeness (QED) is 0.433. The van der Waals surface area contributed by atoms with Crippen LogP contribution >= 0.6 is 11.9 Å². The number of esters is 1. The molecule has 9 heteroatoms. The van der Waals surface area contributed by atoms with E-state index in [1.807, 2.05) is 24.3 Å². The smallest absolute Gasteiger partial charge is 0.339 e. The number of carbonyl (C=O) groups is 2. The minimum Gasteiger partial charge on any atom is -0.508 e. The van der Waals surface area contributed by atoms with Crippen LogP contribution in [-0.4, -0.2) is 36.4 Å². The average Bonchev–Trinajstić information content (AvgIpc) is 2.81. The molecule has 0 fully saturated rings. The summed E-state index contributed by atoms with van der Waals surface area (Å²) in [5, 5.41) is 20.3. The highest BCUT2D eigenvalue weighted by atomic mass is 32.2. The predicted octanol–water partition coefficient (Wildman–Crippen LogP) is 4.55. The summed E-state index contributed by atoms with van der Waals surface area (Å²) in [4.78, 5) is 27.8. The zero-order chi connectivity index (χ0) is 22.8. The highest BCUT2D eigenvalue weighted by Gasteiger charge is 2.33. The molecule has 4 rings (SSSR count). The molecule has 0 aliphatic carbocycles. The average molecular weight is 452 g/mol. The lowest BCUT2D eigenvalue weighted by atomic mass is 10.1. The number of methoxy groups -OCH3 is 2. The van der Waals surface area contributed by atoms with E-state index in [2.05, 4.69) is 0 Å². The SMILES string of the molecule is COC(=O)c1ccc(O)c(CN2C(=O)N(c3ccc(O)c(OC)c3)Sc3ccccc32)c1. The maximum atomic E-state index is 13.5. The summed E-state index contributed by atoms with van der Waals surface area (Å²) in [7, 11) is 2.71. The molecule has 0 aromatic heterocycles. The van der Waals surface area contributed by atoms with E-state index < -0.39 is 5.97 Å². The van der Waals surface area contributed by atoms with Crippen LogP contribution in [0.3, 0.4) is 0 Å². The molecule has 1 aliphatic heterocycles. The number of phenols is 2. The van der Waals surface area contributed by atoms with Crippen molar-refractivity contribution in [2.24, 2.45) is 0 Å². The largest absolute Gasteiger partial charge is 0.508 e. The van der Waals surface area contributed by atoms with E-state index >= 15 is 0 Å². The first-order valence-corrected chi connectivity index (χ1v) is 10.4. The Bertz CT molecular complexity index is 1200. The van der Waals surface area contributed by atoms with Gasteiger partial charge in [0.15, 0.2) is 11.5 Å². The summed E-state index contributed by atoms with van der Waals surface area (Å²) in [6, 6.07) is 16.0. The lowest BCUT2D eigenvalue weighted by Crippen LogP contribution is -2.42. The van der Waals surface area contributed by atoms with E-state index in [1.165, 1.54) is 59.6 Å². The van der Waals surface area contributed by atoms with Crippen LogP contribution < -0.4 is 13.9 Å². The van der Waals surface area contributed by atoms with Gasteiger partial charge in [0.25, 0.3) is 0 Å². The van der Waals surface area contributed by atoms with Crippen molar-refractivity contribution in [2.75, 3.05) is 23.4 Å². The third-order valence-electron chi connectivity index (χ3n) is 4.98. The second-order valence-electron chi connectivity index (χ2n) is 6.91. The third kappa shape index (κ3) is 3.90. The molecule has 8 nitrogen and oxygen atoms in total. The number of para-hydroxylation sites is 1. The number of fused-ring (bicyclic) bond motifs is 1. The van der Waals surface area contributed by atoms with Crippen molar-refractivity contribution < 1.29 is 29.3 Å². The zero-order valence-corrected chi connectivity index (χ0v) is 18.1. The fraction of sp³-hybridized carbons (Fsp3) is 0.130. The van der Waals surface area contributed by atoms with Gasteiger partial charge in [0, 0.05) is 11.6 Å². The maximum absolute atomic E-state index is 13.5. The number of nitrogens with zero attached hydrogens (tertiary/aromatic N) is 2. The summed E-state index contributed by atoms with van der Waals surface area (Å²) >= 11 is 1.24. The summed E-state index contributed by atoms with van der Waals surface area (Å²) in [6.07, 6.45) is 0. The van der Waals surface area contributed by atoms with Gasteiger partial charge in [-0.1, -0.05) is 12.1 Å². The minimum absolute atomic E-state index is 0.0266. The van der Waals surface area contributed by atoms with E-state index in [1.54, 1.807) is 12.1 Å². The van der Waals surface area contributed by atoms with Gasteiger partial charge < -0.3 is 19.7 Å². The molecule has 2 N–H and O–H groups in total. The van der Waals surface area contributed by atoms with Crippen LogP contribution in [0.25, 0.3) is 0 Å². The van der Waals surface area contributed by atoms with Crippen molar-refractivity contribution in [3.8, 4) is 17.2 Å². The number of urea groups is 1. The van der Waals surface area contributed by atoms with Crippen LogP contribution in [-0.2, 0) is 11.3 Å². The van der Waals surface area contributed by atoms with Gasteiger partial charge in [-0.05, 0) is 54.4 Å². The van der Waals surface area contributed by atoms with E-state index in [0.717, 1.165) is 4.90 Å². The number of aromatic hydroxyl groups is 2. The molecule has 164 valence electrons. The Hall–Kier alpha value is -3.85. The molecular formula is C23H20N2O6S. The summed E-state index contributed by atoms with van der Waals surface area (Å²) in [5.41, 5.74) is 1.85. The molecule has 0 bridgehead atoms. The highest BCUT2D eigenvalue weighted by molar-refractivity contribution is 8.01. The molecular weight excluding hydrogens is 432 g/mol. The van der Waals surface area contributed by atoms with Gasteiger partial charge in [0.05, 0.1) is 42.6 Å². The highest BCUT2D eigenvalue weighted by Crippen LogP contribution is 2.44. The van der Waals surface area contributed by atoms with E-state index in [-0.39, 0.29) is 35.4 Å². The Kier molecular flexibility index (Phi) is 5.83. The number of hydrogen-bond acceptors (Lipinski definition) is 7. The number of benzene rings is 3. The van der Waals surface area contributed by atoms with Gasteiger partial charge in [-0.2, -0.15) is 0 Å². The van der Waals surface area contributed by atoms with Crippen molar-refractivity contribution in [3.05, 3.63) is 71.8 Å². The van der Waals surface area contributed by atoms with Crippen LogP contribution in [0.5, 0.6) is 17.2 Å². The van der Waals surface area contributed by atoms with Gasteiger partial charge in [-0.15, -0.1) is 0 Å². The summed E-state index contributed by atoms with van der Waals surface area (Å²) in [5.74, 6) is -0.374. The fourth-order valence-electron chi connectivity index (χ4n) is 3.34. The van der Waals surface area contributed by atoms with E-state index in [4.69, 9.17) is 9.47 Å². The summed E-state index contributed by atoms with van der Waals surface area (Å²) < 4.78 is 11.4. The van der Waals surface area contributed by atoms with Gasteiger partial charge >= 0.3 is 12.0 Å². The maximum Gasteiger partial charge on any atom is 0.339 e. The number of amides is 2. The molecule has 1 aliphatic rings. The minimum atomic E-state index is -0.537. The predicted molar refractivity (Wildman–Crippen MR) is 120 cm³/mol. The number of carbonyl (C=O) groups excluding carboxylic acids is 2. The Morgan fingerprint density at radius 1 is 1.00 bits per heavy atom. The first-order chi connectivity index (χ1) is 15.4. The lowest BCUT2D eigenvalue weighted by Gasteiger charge is -2.36. The molecule has 1 heterocycles. The number of phenolic OH excluding ortho intramolecular Hbond substituents is 2. The second-order valence-corrected chi connectivity index (χ2v) is 7.90. The van der Waals surface area contributed by atoms with Crippen molar-refractivity contribution >= 4 is 35.3 Å². The lowest BCUT2D eigenvalue weighted by molar-refractivity contribution is 0.0600.